The first-order valence-corrected chi connectivity index (χ1v) is 10.8. The molecule has 3 rings (SSSR count). The van der Waals surface area contributed by atoms with Crippen molar-refractivity contribution in [1.82, 2.24) is 14.8 Å². The predicted octanol–water partition coefficient (Wildman–Crippen LogP) is 4.49. The molecule has 11 heteroatoms. The zero-order valence-corrected chi connectivity index (χ0v) is 19.1. The highest BCUT2D eigenvalue weighted by Crippen LogP contribution is 2.28. The first-order valence-electron chi connectivity index (χ1n) is 9.48. The molecule has 0 spiro atoms. The van der Waals surface area contributed by atoms with E-state index in [-0.39, 0.29) is 22.4 Å². The number of amides is 1. The van der Waals surface area contributed by atoms with Gasteiger partial charge in [0.2, 0.25) is 5.91 Å². The van der Waals surface area contributed by atoms with Gasteiger partial charge >= 0.3 is 0 Å². The third kappa shape index (κ3) is 5.45. The maximum Gasteiger partial charge on any atom is 0.289 e. The Morgan fingerprint density at radius 3 is 2.62 bits per heavy atom. The van der Waals surface area contributed by atoms with Gasteiger partial charge in [-0.3, -0.25) is 19.5 Å². The Bertz CT molecular complexity index is 1150. The minimum atomic E-state index is -0.600. The third-order valence-electron chi connectivity index (χ3n) is 4.43. The van der Waals surface area contributed by atoms with Gasteiger partial charge in [-0.15, -0.1) is 16.8 Å². The molecule has 0 radical (unpaired) electrons. The average Bonchev–Trinajstić information content (AvgIpc) is 3.16. The van der Waals surface area contributed by atoms with Crippen molar-refractivity contribution in [3.8, 4) is 11.4 Å². The maximum absolute atomic E-state index is 12.4. The Morgan fingerprint density at radius 1 is 1.28 bits per heavy atom. The normalized spacial score (nSPS) is 10.6. The Hall–Kier alpha value is -3.37. The minimum absolute atomic E-state index is 0.00560. The zero-order valence-electron chi connectivity index (χ0n) is 17.5. The molecule has 0 saturated carbocycles. The Kier molecular flexibility index (Phi) is 7.49. The summed E-state index contributed by atoms with van der Waals surface area (Å²) < 4.78 is 1.88. The largest absolute Gasteiger partial charge is 0.378 e. The first-order chi connectivity index (χ1) is 15.3. The van der Waals surface area contributed by atoms with Crippen molar-refractivity contribution < 1.29 is 9.72 Å². The number of benzene rings is 2. The monoisotopic (exact) mass is 472 g/mol. The van der Waals surface area contributed by atoms with Gasteiger partial charge in [-0.25, -0.2) is 0 Å². The zero-order chi connectivity index (χ0) is 23.3. The fourth-order valence-electron chi connectivity index (χ4n) is 2.87. The Labute approximate surface area is 194 Å². The van der Waals surface area contributed by atoms with Crippen LogP contribution in [0.15, 0.2) is 60.3 Å². The van der Waals surface area contributed by atoms with Crippen LogP contribution in [0.2, 0.25) is 5.02 Å². The topological polar surface area (TPSA) is 106 Å². The van der Waals surface area contributed by atoms with Gasteiger partial charge in [0.1, 0.15) is 5.02 Å². The van der Waals surface area contributed by atoms with Crippen molar-refractivity contribution in [3.05, 3.63) is 70.3 Å². The van der Waals surface area contributed by atoms with E-state index in [1.54, 1.807) is 6.08 Å². The van der Waals surface area contributed by atoms with Crippen LogP contribution in [0.1, 0.15) is 0 Å². The Morgan fingerprint density at radius 2 is 2.00 bits per heavy atom. The lowest BCUT2D eigenvalue weighted by Crippen LogP contribution is -2.15. The number of aromatic nitrogens is 3. The average molecular weight is 473 g/mol. The number of carbonyl (C=O) groups excluding carboxylic acids is 1. The molecule has 1 heterocycles. The third-order valence-corrected chi connectivity index (χ3v) is 5.72. The van der Waals surface area contributed by atoms with Crippen LogP contribution in [-0.4, -0.2) is 45.4 Å². The molecule has 0 atom stereocenters. The number of allylic oxidation sites excluding steroid dienone is 1. The van der Waals surface area contributed by atoms with Crippen molar-refractivity contribution >= 4 is 46.3 Å². The SMILES string of the molecule is C=CCn1c(SCC(=O)Nc2ccc(Cl)c([N+](=O)[O-])c2)nnc1-c1ccc(N(C)C)cc1. The fraction of sp³-hybridized carbons (Fsp3) is 0.190. The van der Waals surface area contributed by atoms with E-state index < -0.39 is 4.92 Å². The van der Waals surface area contributed by atoms with Gasteiger partial charge in [-0.1, -0.05) is 29.4 Å². The van der Waals surface area contributed by atoms with Gasteiger partial charge in [0, 0.05) is 43.6 Å². The molecule has 1 aromatic heterocycles. The molecule has 1 amide bonds. The summed E-state index contributed by atoms with van der Waals surface area (Å²) in [6.07, 6.45) is 1.73. The van der Waals surface area contributed by atoms with E-state index in [2.05, 4.69) is 22.1 Å². The summed E-state index contributed by atoms with van der Waals surface area (Å²) in [5, 5.41) is 22.7. The molecule has 1 N–H and O–H groups in total. The standard InChI is InChI=1S/C21H21ClN6O3S/c1-4-11-27-20(14-5-8-16(9-6-14)26(2)3)24-25-21(27)32-13-19(29)23-15-7-10-17(22)18(12-15)28(30)31/h4-10,12H,1,11,13H2,2-3H3,(H,23,29). The number of nitrogens with one attached hydrogen (secondary N) is 1. The molecule has 9 nitrogen and oxygen atoms in total. The van der Waals surface area contributed by atoms with E-state index in [4.69, 9.17) is 11.6 Å². The molecule has 0 aliphatic carbocycles. The van der Waals surface area contributed by atoms with Gasteiger partial charge < -0.3 is 10.2 Å². The lowest BCUT2D eigenvalue weighted by molar-refractivity contribution is -0.384. The fourth-order valence-corrected chi connectivity index (χ4v) is 3.80. The van der Waals surface area contributed by atoms with Gasteiger partial charge in [-0.2, -0.15) is 0 Å². The summed E-state index contributed by atoms with van der Waals surface area (Å²) in [7, 11) is 3.94. The number of nitrogens with zero attached hydrogens (tertiary/aromatic N) is 5. The number of rotatable bonds is 9. The van der Waals surface area contributed by atoms with Crippen LogP contribution in [0.25, 0.3) is 11.4 Å². The molecular weight excluding hydrogens is 452 g/mol. The highest BCUT2D eigenvalue weighted by atomic mass is 35.5. The van der Waals surface area contributed by atoms with Crippen LogP contribution in [0.3, 0.4) is 0 Å². The summed E-state index contributed by atoms with van der Waals surface area (Å²) in [4.78, 5) is 24.8. The Balaban J connectivity index is 1.72. The number of nitro benzene ring substituents is 1. The van der Waals surface area contributed by atoms with E-state index in [0.29, 0.717) is 23.2 Å². The van der Waals surface area contributed by atoms with Crippen LogP contribution < -0.4 is 10.2 Å². The first kappa shape index (κ1) is 23.3. The van der Waals surface area contributed by atoms with E-state index >= 15 is 0 Å². The second kappa shape index (κ2) is 10.3. The van der Waals surface area contributed by atoms with E-state index in [1.165, 1.54) is 30.0 Å². The van der Waals surface area contributed by atoms with Gasteiger partial charge in [0.25, 0.3) is 5.69 Å². The van der Waals surface area contributed by atoms with Crippen LogP contribution in [0, 0.1) is 10.1 Å². The maximum atomic E-state index is 12.4. The van der Waals surface area contributed by atoms with E-state index in [0.717, 1.165) is 11.3 Å². The number of carbonyl (C=O) groups is 1. The lowest BCUT2D eigenvalue weighted by Gasteiger charge is -2.13. The molecule has 0 saturated heterocycles. The van der Waals surface area contributed by atoms with Crippen LogP contribution in [0.5, 0.6) is 0 Å². The summed E-state index contributed by atoms with van der Waals surface area (Å²) >= 11 is 7.02. The van der Waals surface area contributed by atoms with Crippen molar-refractivity contribution in [1.29, 1.82) is 0 Å². The highest BCUT2D eigenvalue weighted by molar-refractivity contribution is 7.99. The van der Waals surface area contributed by atoms with Gasteiger partial charge in [-0.05, 0) is 36.4 Å². The molecule has 32 heavy (non-hydrogen) atoms. The van der Waals surface area contributed by atoms with Gasteiger partial charge in [0.15, 0.2) is 11.0 Å². The number of hydrogen-bond donors (Lipinski definition) is 1. The molecule has 3 aromatic rings. The minimum Gasteiger partial charge on any atom is -0.378 e. The molecule has 2 aromatic carbocycles. The molecule has 0 fully saturated rings. The number of nitro groups is 1. The molecule has 0 aliphatic rings. The summed E-state index contributed by atoms with van der Waals surface area (Å²) in [6.45, 7) is 4.27. The van der Waals surface area contributed by atoms with Crippen molar-refractivity contribution in [2.75, 3.05) is 30.1 Å². The smallest absolute Gasteiger partial charge is 0.289 e. The van der Waals surface area contributed by atoms with E-state index in [1.807, 2.05) is 47.8 Å². The number of hydrogen-bond acceptors (Lipinski definition) is 7. The predicted molar refractivity (Wildman–Crippen MR) is 127 cm³/mol. The summed E-state index contributed by atoms with van der Waals surface area (Å²) in [5.41, 5.74) is 1.99. The van der Waals surface area contributed by atoms with Crippen molar-refractivity contribution in [2.24, 2.45) is 0 Å². The van der Waals surface area contributed by atoms with Crippen LogP contribution >= 0.6 is 23.4 Å². The van der Waals surface area contributed by atoms with Crippen LogP contribution in [0.4, 0.5) is 17.1 Å². The molecular formula is C21H21ClN6O3S. The molecule has 166 valence electrons. The van der Waals surface area contributed by atoms with Crippen LogP contribution in [-0.2, 0) is 11.3 Å². The molecule has 0 aliphatic heterocycles. The second-order valence-electron chi connectivity index (χ2n) is 6.91. The number of thioether (sulfide) groups is 1. The summed E-state index contributed by atoms with van der Waals surface area (Å²) in [6, 6.07) is 12.0. The quantitative estimate of drug-likeness (QED) is 0.211. The molecule has 0 unspecified atom stereocenters. The van der Waals surface area contributed by atoms with Crippen molar-refractivity contribution in [2.45, 2.75) is 11.7 Å². The molecule has 0 bridgehead atoms. The van der Waals surface area contributed by atoms with E-state index in [9.17, 15) is 14.9 Å². The lowest BCUT2D eigenvalue weighted by atomic mass is 10.2. The van der Waals surface area contributed by atoms with Gasteiger partial charge in [0.05, 0.1) is 10.7 Å². The number of anilines is 2. The second-order valence-corrected chi connectivity index (χ2v) is 8.26. The highest BCUT2D eigenvalue weighted by Gasteiger charge is 2.17. The van der Waals surface area contributed by atoms with Crippen molar-refractivity contribution in [3.63, 3.8) is 0 Å². The number of halogens is 1. The summed E-state index contributed by atoms with van der Waals surface area (Å²) in [5.74, 6) is 0.383.